The maximum atomic E-state index is 12.5. The topological polar surface area (TPSA) is 58.2 Å². The summed E-state index contributed by atoms with van der Waals surface area (Å²) in [5.41, 5.74) is 2.00. The van der Waals surface area contributed by atoms with Crippen LogP contribution in [0.5, 0.6) is 0 Å². The molecule has 0 heterocycles. The predicted molar refractivity (Wildman–Crippen MR) is 84.1 cm³/mol. The Kier molecular flexibility index (Phi) is 4.35. The first-order valence-electron chi connectivity index (χ1n) is 7.53. The number of carbonyl (C=O) groups excluding carboxylic acids is 2. The number of aryl methyl sites for hydroxylation is 2. The number of carbonyl (C=O) groups is 2. The van der Waals surface area contributed by atoms with E-state index in [-0.39, 0.29) is 11.8 Å². The van der Waals surface area contributed by atoms with Gasteiger partial charge in [0.15, 0.2) is 0 Å². The molecule has 0 radical (unpaired) electrons. The Morgan fingerprint density at radius 2 is 1.71 bits per heavy atom. The SMILES string of the molecule is Cc1cccc(C)c1NC(=O)C1(C(=O)NCC(C)C)CC1. The minimum Gasteiger partial charge on any atom is -0.355 e. The number of hydrogen-bond donors (Lipinski definition) is 2. The second-order valence-corrected chi connectivity index (χ2v) is 6.41. The summed E-state index contributed by atoms with van der Waals surface area (Å²) in [6.45, 7) is 8.60. The van der Waals surface area contributed by atoms with Crippen LogP contribution >= 0.6 is 0 Å². The van der Waals surface area contributed by atoms with Gasteiger partial charge >= 0.3 is 0 Å². The third-order valence-corrected chi connectivity index (χ3v) is 4.01. The Morgan fingerprint density at radius 3 is 2.19 bits per heavy atom. The average molecular weight is 288 g/mol. The number of rotatable bonds is 5. The number of amides is 2. The molecule has 0 atom stereocenters. The zero-order valence-electron chi connectivity index (χ0n) is 13.2. The summed E-state index contributed by atoms with van der Waals surface area (Å²) in [6.07, 6.45) is 1.27. The van der Waals surface area contributed by atoms with Crippen molar-refractivity contribution in [3.63, 3.8) is 0 Å². The monoisotopic (exact) mass is 288 g/mol. The molecule has 1 aromatic carbocycles. The summed E-state index contributed by atoms with van der Waals surface area (Å²) in [4.78, 5) is 24.8. The van der Waals surface area contributed by atoms with Gasteiger partial charge in [-0.05, 0) is 43.7 Å². The van der Waals surface area contributed by atoms with Gasteiger partial charge in [0.05, 0.1) is 0 Å². The van der Waals surface area contributed by atoms with E-state index in [0.717, 1.165) is 16.8 Å². The van der Waals surface area contributed by atoms with E-state index in [4.69, 9.17) is 0 Å². The lowest BCUT2D eigenvalue weighted by molar-refractivity contribution is -0.134. The molecule has 21 heavy (non-hydrogen) atoms. The third kappa shape index (κ3) is 3.26. The molecule has 2 N–H and O–H groups in total. The number of para-hydroxylation sites is 1. The molecule has 0 unspecified atom stereocenters. The van der Waals surface area contributed by atoms with Crippen molar-refractivity contribution in [1.29, 1.82) is 0 Å². The summed E-state index contributed by atoms with van der Waals surface area (Å²) < 4.78 is 0. The predicted octanol–water partition coefficient (Wildman–Crippen LogP) is 2.79. The first-order valence-corrected chi connectivity index (χ1v) is 7.53. The van der Waals surface area contributed by atoms with Gasteiger partial charge < -0.3 is 10.6 Å². The standard InChI is InChI=1S/C17H24N2O2/c1-11(2)10-18-15(20)17(8-9-17)16(21)19-14-12(3)6-5-7-13(14)4/h5-7,11H,8-10H2,1-4H3,(H,18,20)(H,19,21). The van der Waals surface area contributed by atoms with Crippen molar-refractivity contribution in [3.8, 4) is 0 Å². The van der Waals surface area contributed by atoms with Gasteiger partial charge in [-0.25, -0.2) is 0 Å². The molecular weight excluding hydrogens is 264 g/mol. The van der Waals surface area contributed by atoms with Crippen molar-refractivity contribution in [2.24, 2.45) is 11.3 Å². The van der Waals surface area contributed by atoms with Gasteiger partial charge in [-0.2, -0.15) is 0 Å². The molecule has 4 heteroatoms. The molecular formula is C17H24N2O2. The molecule has 0 saturated heterocycles. The molecule has 1 aromatic rings. The highest BCUT2D eigenvalue weighted by atomic mass is 16.2. The second-order valence-electron chi connectivity index (χ2n) is 6.41. The van der Waals surface area contributed by atoms with Crippen molar-refractivity contribution in [1.82, 2.24) is 5.32 Å². The van der Waals surface area contributed by atoms with Crippen LogP contribution in [0, 0.1) is 25.2 Å². The van der Waals surface area contributed by atoms with Gasteiger partial charge in [-0.1, -0.05) is 32.0 Å². The summed E-state index contributed by atoms with van der Waals surface area (Å²) in [6, 6.07) is 5.88. The summed E-state index contributed by atoms with van der Waals surface area (Å²) in [5, 5.41) is 5.83. The minimum atomic E-state index is -0.858. The summed E-state index contributed by atoms with van der Waals surface area (Å²) in [7, 11) is 0. The van der Waals surface area contributed by atoms with Crippen LogP contribution in [0.1, 0.15) is 37.8 Å². The Morgan fingerprint density at radius 1 is 1.14 bits per heavy atom. The molecule has 2 rings (SSSR count). The fourth-order valence-electron chi connectivity index (χ4n) is 2.39. The highest BCUT2D eigenvalue weighted by Gasteiger charge is 2.56. The van der Waals surface area contributed by atoms with Crippen LogP contribution in [-0.4, -0.2) is 18.4 Å². The quantitative estimate of drug-likeness (QED) is 0.819. The van der Waals surface area contributed by atoms with Crippen molar-refractivity contribution < 1.29 is 9.59 Å². The molecule has 1 fully saturated rings. The van der Waals surface area contributed by atoms with Gasteiger partial charge in [-0.3, -0.25) is 9.59 Å². The van der Waals surface area contributed by atoms with Crippen molar-refractivity contribution in [2.45, 2.75) is 40.5 Å². The van der Waals surface area contributed by atoms with E-state index in [1.165, 1.54) is 0 Å². The lowest BCUT2D eigenvalue weighted by Gasteiger charge is -2.18. The van der Waals surface area contributed by atoms with Gasteiger partial charge in [-0.15, -0.1) is 0 Å². The van der Waals surface area contributed by atoms with E-state index >= 15 is 0 Å². The van der Waals surface area contributed by atoms with Crippen LogP contribution in [0.4, 0.5) is 5.69 Å². The van der Waals surface area contributed by atoms with E-state index in [9.17, 15) is 9.59 Å². The van der Waals surface area contributed by atoms with E-state index < -0.39 is 5.41 Å². The zero-order chi connectivity index (χ0) is 15.6. The zero-order valence-corrected chi connectivity index (χ0v) is 13.2. The first-order chi connectivity index (χ1) is 9.86. The van der Waals surface area contributed by atoms with Crippen LogP contribution in [0.2, 0.25) is 0 Å². The lowest BCUT2D eigenvalue weighted by Crippen LogP contribution is -2.41. The highest BCUT2D eigenvalue weighted by molar-refractivity contribution is 6.13. The molecule has 1 aliphatic carbocycles. The highest BCUT2D eigenvalue weighted by Crippen LogP contribution is 2.47. The number of nitrogens with one attached hydrogen (secondary N) is 2. The number of benzene rings is 1. The van der Waals surface area contributed by atoms with E-state index in [1.54, 1.807) is 0 Å². The number of hydrogen-bond acceptors (Lipinski definition) is 2. The van der Waals surface area contributed by atoms with Gasteiger partial charge in [0.2, 0.25) is 11.8 Å². The van der Waals surface area contributed by atoms with Crippen LogP contribution in [0.15, 0.2) is 18.2 Å². The van der Waals surface area contributed by atoms with Gasteiger partial charge in [0.1, 0.15) is 5.41 Å². The molecule has 0 bridgehead atoms. The van der Waals surface area contributed by atoms with Crippen molar-refractivity contribution in [2.75, 3.05) is 11.9 Å². The Hall–Kier alpha value is -1.84. The Labute approximate surface area is 126 Å². The molecule has 2 amide bonds. The summed E-state index contributed by atoms with van der Waals surface area (Å²) in [5.74, 6) is 0.0625. The maximum Gasteiger partial charge on any atom is 0.240 e. The fourth-order valence-corrected chi connectivity index (χ4v) is 2.39. The van der Waals surface area contributed by atoms with E-state index in [1.807, 2.05) is 45.9 Å². The second kappa shape index (κ2) is 5.88. The van der Waals surface area contributed by atoms with Crippen molar-refractivity contribution >= 4 is 17.5 Å². The summed E-state index contributed by atoms with van der Waals surface area (Å²) >= 11 is 0. The molecule has 114 valence electrons. The molecule has 1 saturated carbocycles. The normalized spacial score (nSPS) is 15.7. The molecule has 1 aliphatic rings. The molecule has 4 nitrogen and oxygen atoms in total. The van der Waals surface area contributed by atoms with E-state index in [2.05, 4.69) is 10.6 Å². The smallest absolute Gasteiger partial charge is 0.240 e. The number of anilines is 1. The maximum absolute atomic E-state index is 12.5. The Balaban J connectivity index is 2.08. The van der Waals surface area contributed by atoms with Crippen LogP contribution in [0.25, 0.3) is 0 Å². The Bertz CT molecular complexity index is 540. The lowest BCUT2D eigenvalue weighted by atomic mass is 10.0. The molecule has 0 spiro atoms. The minimum absolute atomic E-state index is 0.139. The van der Waals surface area contributed by atoms with E-state index in [0.29, 0.717) is 25.3 Å². The molecule has 0 aliphatic heterocycles. The fraction of sp³-hybridized carbons (Fsp3) is 0.529. The van der Waals surface area contributed by atoms with Gasteiger partial charge in [0.25, 0.3) is 0 Å². The van der Waals surface area contributed by atoms with Crippen LogP contribution in [0.3, 0.4) is 0 Å². The molecule has 0 aromatic heterocycles. The largest absolute Gasteiger partial charge is 0.355 e. The average Bonchev–Trinajstić information content (AvgIpc) is 3.21. The van der Waals surface area contributed by atoms with Gasteiger partial charge in [0, 0.05) is 12.2 Å². The van der Waals surface area contributed by atoms with Crippen LogP contribution < -0.4 is 10.6 Å². The van der Waals surface area contributed by atoms with Crippen LogP contribution in [-0.2, 0) is 9.59 Å². The first kappa shape index (κ1) is 15.5. The van der Waals surface area contributed by atoms with Crippen molar-refractivity contribution in [3.05, 3.63) is 29.3 Å². The third-order valence-electron chi connectivity index (χ3n) is 4.01.